The van der Waals surface area contributed by atoms with Crippen LogP contribution in [-0.2, 0) is 11.3 Å². The van der Waals surface area contributed by atoms with Gasteiger partial charge in [0.1, 0.15) is 10.8 Å². The van der Waals surface area contributed by atoms with Crippen molar-refractivity contribution in [3.8, 4) is 0 Å². The van der Waals surface area contributed by atoms with E-state index in [2.05, 4.69) is 25.5 Å². The lowest BCUT2D eigenvalue weighted by Crippen LogP contribution is -2.46. The smallest absolute Gasteiger partial charge is 0.191 e. The van der Waals surface area contributed by atoms with Crippen LogP contribution in [0.5, 0.6) is 0 Å². The van der Waals surface area contributed by atoms with E-state index >= 15 is 0 Å². The van der Waals surface area contributed by atoms with E-state index in [0.717, 1.165) is 36.2 Å². The van der Waals surface area contributed by atoms with Crippen LogP contribution in [0.3, 0.4) is 0 Å². The third kappa shape index (κ3) is 7.47. The monoisotopic (exact) mass is 533 g/mol. The molecule has 1 aromatic carbocycles. The molecule has 160 valence electrons. The quantitative estimate of drug-likeness (QED) is 0.325. The molecule has 1 aliphatic rings. The van der Waals surface area contributed by atoms with Crippen molar-refractivity contribution in [2.24, 2.45) is 4.99 Å². The van der Waals surface area contributed by atoms with Crippen molar-refractivity contribution in [1.82, 2.24) is 20.5 Å². The van der Waals surface area contributed by atoms with Crippen molar-refractivity contribution >= 4 is 41.3 Å². The van der Waals surface area contributed by atoms with Gasteiger partial charge in [0.25, 0.3) is 0 Å². The van der Waals surface area contributed by atoms with Gasteiger partial charge in [-0.1, -0.05) is 12.1 Å². The molecule has 0 spiro atoms. The first-order chi connectivity index (χ1) is 13.7. The molecule has 1 fully saturated rings. The minimum absolute atomic E-state index is 0. The zero-order chi connectivity index (χ0) is 19.8. The van der Waals surface area contributed by atoms with Crippen LogP contribution in [0.4, 0.5) is 4.39 Å². The van der Waals surface area contributed by atoms with Crippen molar-refractivity contribution in [2.75, 3.05) is 39.4 Å². The Morgan fingerprint density at radius 3 is 2.79 bits per heavy atom. The second-order valence-corrected chi connectivity index (χ2v) is 7.98. The lowest BCUT2D eigenvalue weighted by atomic mass is 10.0. The molecule has 2 aromatic rings. The Bertz CT molecular complexity index is 782. The molecule has 3 rings (SSSR count). The Balaban J connectivity index is 0.00000300. The summed E-state index contributed by atoms with van der Waals surface area (Å²) in [7, 11) is 0. The van der Waals surface area contributed by atoms with E-state index in [0.29, 0.717) is 26.3 Å². The molecule has 1 aliphatic heterocycles. The van der Waals surface area contributed by atoms with E-state index < -0.39 is 0 Å². The van der Waals surface area contributed by atoms with E-state index in [1.807, 2.05) is 26.1 Å². The zero-order valence-corrected chi connectivity index (χ0v) is 20.0. The normalized spacial score (nSPS) is 16.2. The Morgan fingerprint density at radius 2 is 2.14 bits per heavy atom. The van der Waals surface area contributed by atoms with Crippen molar-refractivity contribution < 1.29 is 9.13 Å². The summed E-state index contributed by atoms with van der Waals surface area (Å²) in [5.74, 6) is 0.528. The molecule has 0 amide bonds. The third-order valence-electron chi connectivity index (χ3n) is 4.57. The number of hydrogen-bond donors (Lipinski definition) is 2. The number of thiazole rings is 1. The number of hydrogen-bond acceptors (Lipinski definition) is 5. The summed E-state index contributed by atoms with van der Waals surface area (Å²) >= 11 is 1.66. The van der Waals surface area contributed by atoms with E-state index in [1.54, 1.807) is 23.5 Å². The number of aromatic nitrogens is 1. The average Bonchev–Trinajstić information content (AvgIpc) is 3.12. The van der Waals surface area contributed by atoms with Crippen LogP contribution in [0.25, 0.3) is 0 Å². The van der Waals surface area contributed by atoms with E-state index in [1.165, 1.54) is 10.9 Å². The van der Waals surface area contributed by atoms with Gasteiger partial charge in [-0.05, 0) is 31.5 Å². The van der Waals surface area contributed by atoms with E-state index in [4.69, 9.17) is 4.74 Å². The fourth-order valence-corrected chi connectivity index (χ4v) is 3.93. The summed E-state index contributed by atoms with van der Waals surface area (Å²) in [6.07, 6.45) is 1.87. The molecule has 0 radical (unpaired) electrons. The van der Waals surface area contributed by atoms with Gasteiger partial charge in [0, 0.05) is 37.3 Å². The molecule has 2 N–H and O–H groups in total. The summed E-state index contributed by atoms with van der Waals surface area (Å²) in [5.41, 5.74) is 0.959. The average molecular weight is 533 g/mol. The number of ether oxygens (including phenoxy) is 1. The van der Waals surface area contributed by atoms with Gasteiger partial charge in [-0.2, -0.15) is 0 Å². The zero-order valence-electron chi connectivity index (χ0n) is 16.9. The summed E-state index contributed by atoms with van der Waals surface area (Å²) in [4.78, 5) is 12.5. The molecule has 2 heterocycles. The molecule has 0 saturated carbocycles. The minimum Gasteiger partial charge on any atom is -0.379 e. The number of aliphatic imine (C=N–C) groups is 1. The molecular weight excluding hydrogens is 504 g/mol. The van der Waals surface area contributed by atoms with Gasteiger partial charge in [0.15, 0.2) is 5.96 Å². The fraction of sp³-hybridized carbons (Fsp3) is 0.500. The molecule has 0 aliphatic carbocycles. The van der Waals surface area contributed by atoms with Crippen molar-refractivity contribution in [3.05, 3.63) is 51.7 Å². The van der Waals surface area contributed by atoms with Crippen LogP contribution < -0.4 is 10.6 Å². The highest BCUT2D eigenvalue weighted by Crippen LogP contribution is 2.22. The van der Waals surface area contributed by atoms with Crippen LogP contribution >= 0.6 is 35.3 Å². The Hall–Kier alpha value is -1.30. The first-order valence-corrected chi connectivity index (χ1v) is 10.5. The predicted molar refractivity (Wildman–Crippen MR) is 127 cm³/mol. The van der Waals surface area contributed by atoms with Crippen LogP contribution in [0.1, 0.15) is 28.4 Å². The number of nitrogens with zero attached hydrogens (tertiary/aromatic N) is 3. The SMILES string of the molecule is CCNC(=NCc1ncc(C)s1)NCC(c1cccc(F)c1)N1CCOCC1.I. The van der Waals surface area contributed by atoms with Crippen LogP contribution in [0.15, 0.2) is 35.5 Å². The third-order valence-corrected chi connectivity index (χ3v) is 5.47. The highest BCUT2D eigenvalue weighted by Gasteiger charge is 2.23. The number of halogens is 2. The Morgan fingerprint density at radius 1 is 1.34 bits per heavy atom. The standard InChI is InChI=1S/C20H28FN5OS.HI/c1-3-22-20(25-14-19-23-12-15(2)28-19)24-13-18(26-7-9-27-10-8-26)16-5-4-6-17(21)11-16;/h4-6,11-12,18H,3,7-10,13-14H2,1-2H3,(H2,22,24,25);1H. The first-order valence-electron chi connectivity index (χ1n) is 9.66. The molecule has 29 heavy (non-hydrogen) atoms. The lowest BCUT2D eigenvalue weighted by Gasteiger charge is -2.35. The molecule has 1 unspecified atom stereocenters. The topological polar surface area (TPSA) is 61.8 Å². The first kappa shape index (κ1) is 24.0. The highest BCUT2D eigenvalue weighted by molar-refractivity contribution is 14.0. The number of aryl methyl sites for hydroxylation is 1. The second-order valence-electron chi connectivity index (χ2n) is 6.66. The molecule has 0 bridgehead atoms. The number of benzene rings is 1. The maximum absolute atomic E-state index is 13.8. The summed E-state index contributed by atoms with van der Waals surface area (Å²) in [6.45, 7) is 9.07. The number of guanidine groups is 1. The second kappa shape index (κ2) is 12.4. The van der Waals surface area contributed by atoms with Gasteiger partial charge < -0.3 is 15.4 Å². The van der Waals surface area contributed by atoms with Gasteiger partial charge in [-0.15, -0.1) is 35.3 Å². The summed E-state index contributed by atoms with van der Waals surface area (Å²) in [6, 6.07) is 6.89. The van der Waals surface area contributed by atoms with E-state index in [-0.39, 0.29) is 35.8 Å². The largest absolute Gasteiger partial charge is 0.379 e. The molecule has 1 atom stereocenters. The maximum atomic E-state index is 13.8. The van der Waals surface area contributed by atoms with Crippen LogP contribution in [0.2, 0.25) is 0 Å². The summed E-state index contributed by atoms with van der Waals surface area (Å²) in [5, 5.41) is 7.69. The van der Waals surface area contributed by atoms with Crippen LogP contribution in [-0.4, -0.2) is 55.2 Å². The fourth-order valence-electron chi connectivity index (χ4n) is 3.22. The molecular formula is C20H29FIN5OS. The molecule has 9 heteroatoms. The number of rotatable bonds is 7. The van der Waals surface area contributed by atoms with Crippen LogP contribution in [0, 0.1) is 12.7 Å². The Kier molecular flexibility index (Phi) is 10.3. The van der Waals surface area contributed by atoms with Crippen molar-refractivity contribution in [2.45, 2.75) is 26.4 Å². The van der Waals surface area contributed by atoms with Gasteiger partial charge in [-0.3, -0.25) is 4.90 Å². The lowest BCUT2D eigenvalue weighted by molar-refractivity contribution is 0.0169. The van der Waals surface area contributed by atoms with Gasteiger partial charge in [0.2, 0.25) is 0 Å². The summed E-state index contributed by atoms with van der Waals surface area (Å²) < 4.78 is 19.3. The predicted octanol–water partition coefficient (Wildman–Crippen LogP) is 3.34. The highest BCUT2D eigenvalue weighted by atomic mass is 127. The van der Waals surface area contributed by atoms with Crippen molar-refractivity contribution in [1.29, 1.82) is 0 Å². The van der Waals surface area contributed by atoms with Gasteiger partial charge in [-0.25, -0.2) is 14.4 Å². The maximum Gasteiger partial charge on any atom is 0.191 e. The Labute approximate surface area is 193 Å². The van der Waals surface area contributed by atoms with Gasteiger partial charge >= 0.3 is 0 Å². The number of nitrogens with one attached hydrogen (secondary N) is 2. The molecule has 1 aromatic heterocycles. The minimum atomic E-state index is -0.213. The van der Waals surface area contributed by atoms with E-state index in [9.17, 15) is 4.39 Å². The van der Waals surface area contributed by atoms with Gasteiger partial charge in [0.05, 0.1) is 25.8 Å². The molecule has 1 saturated heterocycles. The number of morpholine rings is 1. The van der Waals surface area contributed by atoms with Crippen molar-refractivity contribution in [3.63, 3.8) is 0 Å². The molecule has 6 nitrogen and oxygen atoms in total.